The van der Waals surface area contributed by atoms with Gasteiger partial charge in [0.2, 0.25) is 0 Å². The molecule has 0 bridgehead atoms. The van der Waals surface area contributed by atoms with E-state index in [0.29, 0.717) is 6.10 Å². The molecule has 15 heavy (non-hydrogen) atoms. The Morgan fingerprint density at radius 2 is 1.73 bits per heavy atom. The molecule has 0 aromatic carbocycles. The highest BCUT2D eigenvalue weighted by atomic mass is 16.5. The summed E-state index contributed by atoms with van der Waals surface area (Å²) in [5.41, 5.74) is 0.287. The van der Waals surface area contributed by atoms with Crippen LogP contribution in [0.15, 0.2) is 0 Å². The van der Waals surface area contributed by atoms with E-state index in [1.54, 1.807) is 0 Å². The molecule has 1 spiro atoms. The molecule has 1 unspecified atom stereocenters. The van der Waals surface area contributed by atoms with E-state index < -0.39 is 0 Å². The second-order valence-corrected chi connectivity index (χ2v) is 6.28. The Hall–Kier alpha value is -0.0800. The van der Waals surface area contributed by atoms with Crippen LogP contribution in [0, 0.1) is 11.3 Å². The summed E-state index contributed by atoms with van der Waals surface area (Å²) in [5.74, 6) is 0.881. The lowest BCUT2D eigenvalue weighted by Crippen LogP contribution is -2.61. The summed E-state index contributed by atoms with van der Waals surface area (Å²) in [6.07, 6.45) is 5.36. The molecular formula is C13H25NO. The van der Waals surface area contributed by atoms with Gasteiger partial charge in [-0.25, -0.2) is 0 Å². The molecule has 1 saturated carbocycles. The first kappa shape index (κ1) is 11.4. The van der Waals surface area contributed by atoms with E-state index in [4.69, 9.17) is 4.74 Å². The normalized spacial score (nSPS) is 45.6. The number of ether oxygens (including phenoxy) is 1. The highest BCUT2D eigenvalue weighted by Gasteiger charge is 2.44. The van der Waals surface area contributed by atoms with Crippen molar-refractivity contribution in [2.75, 3.05) is 6.54 Å². The van der Waals surface area contributed by atoms with E-state index in [-0.39, 0.29) is 11.1 Å². The second kappa shape index (κ2) is 3.74. The van der Waals surface area contributed by atoms with Crippen molar-refractivity contribution >= 4 is 0 Å². The monoisotopic (exact) mass is 211 g/mol. The van der Waals surface area contributed by atoms with Crippen LogP contribution in [0.2, 0.25) is 0 Å². The quantitative estimate of drug-likeness (QED) is 0.665. The maximum atomic E-state index is 6.27. The first-order chi connectivity index (χ1) is 6.94. The molecule has 0 aromatic heterocycles. The van der Waals surface area contributed by atoms with Gasteiger partial charge in [0.25, 0.3) is 0 Å². The summed E-state index contributed by atoms with van der Waals surface area (Å²) < 4.78 is 6.27. The Kier molecular flexibility index (Phi) is 2.85. The van der Waals surface area contributed by atoms with Crippen LogP contribution in [-0.2, 0) is 4.74 Å². The largest absolute Gasteiger partial charge is 0.357 e. The molecule has 1 N–H and O–H groups in total. The molecule has 0 radical (unpaired) electrons. The molecule has 2 fully saturated rings. The van der Waals surface area contributed by atoms with Crippen LogP contribution in [0.5, 0.6) is 0 Å². The Morgan fingerprint density at radius 1 is 1.13 bits per heavy atom. The molecule has 1 atom stereocenters. The molecule has 0 aromatic rings. The third kappa shape index (κ3) is 2.21. The number of hydrogen-bond acceptors (Lipinski definition) is 2. The molecule has 2 heteroatoms. The van der Waals surface area contributed by atoms with Crippen molar-refractivity contribution in [2.45, 2.75) is 65.2 Å². The zero-order chi connectivity index (χ0) is 11.1. The lowest BCUT2D eigenvalue weighted by atomic mass is 9.79. The number of hydrogen-bond donors (Lipinski definition) is 1. The fourth-order valence-corrected chi connectivity index (χ4v) is 2.60. The van der Waals surface area contributed by atoms with Crippen LogP contribution in [0.4, 0.5) is 0 Å². The van der Waals surface area contributed by atoms with E-state index >= 15 is 0 Å². The average molecular weight is 211 g/mol. The topological polar surface area (TPSA) is 21.3 Å². The van der Waals surface area contributed by atoms with Crippen LogP contribution < -0.4 is 5.32 Å². The van der Waals surface area contributed by atoms with E-state index in [1.807, 2.05) is 0 Å². The molecule has 2 aliphatic rings. The first-order valence-corrected chi connectivity index (χ1v) is 6.36. The molecule has 1 aliphatic carbocycles. The minimum atomic E-state index is 0.0153. The van der Waals surface area contributed by atoms with Gasteiger partial charge in [-0.15, -0.1) is 0 Å². The fourth-order valence-electron chi connectivity index (χ4n) is 2.60. The zero-order valence-electron chi connectivity index (χ0n) is 10.6. The fraction of sp³-hybridized carbons (Fsp3) is 1.00. The van der Waals surface area contributed by atoms with Crippen LogP contribution >= 0.6 is 0 Å². The summed E-state index contributed by atoms with van der Waals surface area (Å²) in [6, 6.07) is 0. The van der Waals surface area contributed by atoms with Gasteiger partial charge >= 0.3 is 0 Å². The predicted octanol–water partition coefficient (Wildman–Crippen LogP) is 2.93. The third-order valence-corrected chi connectivity index (χ3v) is 4.45. The van der Waals surface area contributed by atoms with Gasteiger partial charge < -0.3 is 4.74 Å². The van der Waals surface area contributed by atoms with Gasteiger partial charge in [-0.1, -0.05) is 20.8 Å². The Morgan fingerprint density at radius 3 is 2.27 bits per heavy atom. The SMILES string of the molecule is CC1CCC2(CC1)NCC(C)(C)C(C)O2. The number of nitrogens with one attached hydrogen (secondary N) is 1. The van der Waals surface area contributed by atoms with E-state index in [0.717, 1.165) is 12.5 Å². The molecule has 1 saturated heterocycles. The average Bonchev–Trinajstić information content (AvgIpc) is 2.18. The van der Waals surface area contributed by atoms with Crippen molar-refractivity contribution in [3.8, 4) is 0 Å². The summed E-state index contributed by atoms with van der Waals surface area (Å²) in [7, 11) is 0. The van der Waals surface area contributed by atoms with Crippen molar-refractivity contribution in [3.63, 3.8) is 0 Å². The highest BCUT2D eigenvalue weighted by molar-refractivity contribution is 4.93. The maximum Gasteiger partial charge on any atom is 0.119 e. The number of rotatable bonds is 0. The standard InChI is InChI=1S/C13H25NO/c1-10-5-7-13(8-6-10)14-9-12(3,4)11(2)15-13/h10-11,14H,5-9H2,1-4H3. The van der Waals surface area contributed by atoms with Crippen molar-refractivity contribution in [2.24, 2.45) is 11.3 Å². The lowest BCUT2D eigenvalue weighted by Gasteiger charge is -2.51. The maximum absolute atomic E-state index is 6.27. The summed E-state index contributed by atoms with van der Waals surface area (Å²) >= 11 is 0. The van der Waals surface area contributed by atoms with Gasteiger partial charge in [-0.3, -0.25) is 5.32 Å². The zero-order valence-corrected chi connectivity index (χ0v) is 10.6. The highest BCUT2D eigenvalue weighted by Crippen LogP contribution is 2.39. The Labute approximate surface area is 93.8 Å². The van der Waals surface area contributed by atoms with Gasteiger partial charge in [0, 0.05) is 12.0 Å². The summed E-state index contributed by atoms with van der Waals surface area (Å²) in [4.78, 5) is 0. The summed E-state index contributed by atoms with van der Waals surface area (Å²) in [5, 5.41) is 3.65. The van der Waals surface area contributed by atoms with Crippen LogP contribution in [0.1, 0.15) is 53.4 Å². The predicted molar refractivity (Wildman–Crippen MR) is 62.7 cm³/mol. The van der Waals surface area contributed by atoms with E-state index in [9.17, 15) is 0 Å². The smallest absolute Gasteiger partial charge is 0.119 e. The minimum absolute atomic E-state index is 0.0153. The third-order valence-electron chi connectivity index (χ3n) is 4.45. The van der Waals surface area contributed by atoms with Crippen molar-refractivity contribution < 1.29 is 4.74 Å². The van der Waals surface area contributed by atoms with Gasteiger partial charge in [0.1, 0.15) is 5.72 Å². The second-order valence-electron chi connectivity index (χ2n) is 6.28. The lowest BCUT2D eigenvalue weighted by molar-refractivity contribution is -0.198. The van der Waals surface area contributed by atoms with Crippen LogP contribution in [-0.4, -0.2) is 18.4 Å². The van der Waals surface area contributed by atoms with E-state index in [1.165, 1.54) is 25.7 Å². The van der Waals surface area contributed by atoms with Gasteiger partial charge in [0.15, 0.2) is 0 Å². The molecular weight excluding hydrogens is 186 g/mol. The first-order valence-electron chi connectivity index (χ1n) is 6.36. The van der Waals surface area contributed by atoms with Crippen molar-refractivity contribution in [3.05, 3.63) is 0 Å². The molecule has 88 valence electrons. The minimum Gasteiger partial charge on any atom is -0.357 e. The van der Waals surface area contributed by atoms with Gasteiger partial charge in [-0.05, 0) is 38.5 Å². The summed E-state index contributed by atoms with van der Waals surface area (Å²) in [6.45, 7) is 10.2. The molecule has 1 aliphatic heterocycles. The van der Waals surface area contributed by atoms with Gasteiger partial charge in [0.05, 0.1) is 6.10 Å². The van der Waals surface area contributed by atoms with Crippen LogP contribution in [0.25, 0.3) is 0 Å². The Balaban J connectivity index is 2.01. The molecule has 2 nitrogen and oxygen atoms in total. The molecule has 2 rings (SSSR count). The van der Waals surface area contributed by atoms with Crippen molar-refractivity contribution in [1.82, 2.24) is 5.32 Å². The molecule has 0 amide bonds. The van der Waals surface area contributed by atoms with Crippen LogP contribution in [0.3, 0.4) is 0 Å². The van der Waals surface area contributed by atoms with E-state index in [2.05, 4.69) is 33.0 Å². The van der Waals surface area contributed by atoms with Gasteiger partial charge in [-0.2, -0.15) is 0 Å². The van der Waals surface area contributed by atoms with Crippen molar-refractivity contribution in [1.29, 1.82) is 0 Å². The molecule has 1 heterocycles. The Bertz CT molecular complexity index is 229.